The van der Waals surface area contributed by atoms with E-state index in [9.17, 15) is 0 Å². The number of hydrogen-bond donors (Lipinski definition) is 1. The van der Waals surface area contributed by atoms with Gasteiger partial charge in [-0.25, -0.2) is 0 Å². The van der Waals surface area contributed by atoms with Crippen molar-refractivity contribution in [3.8, 4) is 22.6 Å². The first-order valence-electron chi connectivity index (χ1n) is 8.36. The van der Waals surface area contributed by atoms with Crippen molar-refractivity contribution >= 4 is 0 Å². The summed E-state index contributed by atoms with van der Waals surface area (Å²) in [7, 11) is 1.68. The van der Waals surface area contributed by atoms with Crippen LogP contribution in [0.4, 0.5) is 0 Å². The molecule has 3 rings (SSSR count). The minimum atomic E-state index is 0.446. The molecule has 2 N–H and O–H groups in total. The van der Waals surface area contributed by atoms with Crippen molar-refractivity contribution < 1.29 is 9.47 Å². The van der Waals surface area contributed by atoms with Crippen LogP contribution >= 0.6 is 0 Å². The van der Waals surface area contributed by atoms with Gasteiger partial charge < -0.3 is 15.2 Å². The molecule has 3 aromatic rings. The average Bonchev–Trinajstić information content (AvgIpc) is 2.66. The number of methoxy groups -OCH3 is 1. The van der Waals surface area contributed by atoms with Gasteiger partial charge in [0.05, 0.1) is 7.11 Å². The number of ether oxygens (including phenoxy) is 2. The molecule has 128 valence electrons. The summed E-state index contributed by atoms with van der Waals surface area (Å²) in [5.41, 5.74) is 11.3. The van der Waals surface area contributed by atoms with Crippen LogP contribution in [-0.4, -0.2) is 7.11 Å². The fourth-order valence-corrected chi connectivity index (χ4v) is 2.96. The maximum absolute atomic E-state index is 5.94. The van der Waals surface area contributed by atoms with Crippen molar-refractivity contribution in [3.63, 3.8) is 0 Å². The van der Waals surface area contributed by atoms with Crippen LogP contribution in [0.25, 0.3) is 11.1 Å². The molecule has 0 atom stereocenters. The van der Waals surface area contributed by atoms with E-state index in [0.717, 1.165) is 39.3 Å². The summed E-state index contributed by atoms with van der Waals surface area (Å²) in [5.74, 6) is 1.71. The zero-order valence-corrected chi connectivity index (χ0v) is 14.7. The second-order valence-corrected chi connectivity index (χ2v) is 5.99. The Bertz CT molecular complexity index is 844. The number of hydrogen-bond acceptors (Lipinski definition) is 3. The number of aryl methyl sites for hydroxylation is 1. The first-order valence-corrected chi connectivity index (χ1v) is 8.36. The molecule has 0 heterocycles. The summed E-state index contributed by atoms with van der Waals surface area (Å²) in [5, 5.41) is 0. The van der Waals surface area contributed by atoms with E-state index in [1.807, 2.05) is 37.3 Å². The Morgan fingerprint density at radius 2 is 1.68 bits per heavy atom. The van der Waals surface area contributed by atoms with E-state index in [0.29, 0.717) is 13.2 Å². The van der Waals surface area contributed by atoms with Crippen LogP contribution in [0.2, 0.25) is 0 Å². The highest BCUT2D eigenvalue weighted by Gasteiger charge is 2.09. The lowest BCUT2D eigenvalue weighted by atomic mass is 9.99. The Hall–Kier alpha value is -2.78. The fourth-order valence-electron chi connectivity index (χ4n) is 2.96. The topological polar surface area (TPSA) is 44.5 Å². The van der Waals surface area contributed by atoms with Gasteiger partial charge in [0.2, 0.25) is 0 Å². The number of benzene rings is 3. The van der Waals surface area contributed by atoms with Crippen LogP contribution in [0.5, 0.6) is 11.5 Å². The summed E-state index contributed by atoms with van der Waals surface area (Å²) < 4.78 is 11.4. The van der Waals surface area contributed by atoms with Gasteiger partial charge in [0.15, 0.2) is 0 Å². The standard InChI is InChI=1S/C22H23NO2/c1-16-11-19(12-20(14-23)22(16)24-2)18-9-6-10-21(13-18)25-15-17-7-4-3-5-8-17/h3-13H,14-15,23H2,1-2H3. The first-order chi connectivity index (χ1) is 12.2. The predicted molar refractivity (Wildman–Crippen MR) is 102 cm³/mol. The van der Waals surface area contributed by atoms with Gasteiger partial charge >= 0.3 is 0 Å². The van der Waals surface area contributed by atoms with Crippen molar-refractivity contribution in [2.24, 2.45) is 5.73 Å². The highest BCUT2D eigenvalue weighted by atomic mass is 16.5. The number of nitrogens with two attached hydrogens (primary N) is 1. The second kappa shape index (κ2) is 7.86. The highest BCUT2D eigenvalue weighted by Crippen LogP contribution is 2.31. The van der Waals surface area contributed by atoms with Gasteiger partial charge in [0.1, 0.15) is 18.1 Å². The van der Waals surface area contributed by atoms with E-state index >= 15 is 0 Å². The molecular weight excluding hydrogens is 310 g/mol. The molecule has 3 nitrogen and oxygen atoms in total. The molecular formula is C22H23NO2. The summed E-state index contributed by atoms with van der Waals surface area (Å²) in [6.07, 6.45) is 0. The minimum Gasteiger partial charge on any atom is -0.496 e. The van der Waals surface area contributed by atoms with Crippen molar-refractivity contribution in [2.75, 3.05) is 7.11 Å². The third-order valence-corrected chi connectivity index (χ3v) is 4.19. The van der Waals surface area contributed by atoms with Crippen LogP contribution < -0.4 is 15.2 Å². The van der Waals surface area contributed by atoms with Crippen molar-refractivity contribution in [1.82, 2.24) is 0 Å². The molecule has 3 heteroatoms. The van der Waals surface area contributed by atoms with Crippen LogP contribution in [0.1, 0.15) is 16.7 Å². The average molecular weight is 333 g/mol. The second-order valence-electron chi connectivity index (χ2n) is 5.99. The highest BCUT2D eigenvalue weighted by molar-refractivity contribution is 5.68. The van der Waals surface area contributed by atoms with E-state index in [2.05, 4.69) is 36.4 Å². The van der Waals surface area contributed by atoms with E-state index in [1.54, 1.807) is 7.11 Å². The normalized spacial score (nSPS) is 10.5. The molecule has 0 saturated heterocycles. The maximum Gasteiger partial charge on any atom is 0.126 e. The van der Waals surface area contributed by atoms with Crippen molar-refractivity contribution in [1.29, 1.82) is 0 Å². The molecule has 0 unspecified atom stereocenters. The lowest BCUT2D eigenvalue weighted by Crippen LogP contribution is -2.02. The Labute approximate surface area is 149 Å². The lowest BCUT2D eigenvalue weighted by Gasteiger charge is -2.14. The van der Waals surface area contributed by atoms with Gasteiger partial charge in [-0.05, 0) is 53.4 Å². The van der Waals surface area contributed by atoms with Crippen LogP contribution in [0.15, 0.2) is 66.7 Å². The molecule has 0 aliphatic carbocycles. The molecule has 0 radical (unpaired) electrons. The summed E-state index contributed by atoms with van der Waals surface area (Å²) in [4.78, 5) is 0. The lowest BCUT2D eigenvalue weighted by molar-refractivity contribution is 0.306. The Kier molecular flexibility index (Phi) is 5.36. The molecule has 0 saturated carbocycles. The van der Waals surface area contributed by atoms with Gasteiger partial charge in [-0.2, -0.15) is 0 Å². The molecule has 3 aromatic carbocycles. The van der Waals surface area contributed by atoms with Gasteiger partial charge in [-0.1, -0.05) is 42.5 Å². The minimum absolute atomic E-state index is 0.446. The summed E-state index contributed by atoms with van der Waals surface area (Å²) in [6, 6.07) is 22.5. The largest absolute Gasteiger partial charge is 0.496 e. The van der Waals surface area contributed by atoms with E-state index < -0.39 is 0 Å². The van der Waals surface area contributed by atoms with E-state index in [-0.39, 0.29) is 0 Å². The van der Waals surface area contributed by atoms with Crippen molar-refractivity contribution in [2.45, 2.75) is 20.1 Å². The molecule has 0 aliphatic heterocycles. The Morgan fingerprint density at radius 3 is 2.40 bits per heavy atom. The van der Waals surface area contributed by atoms with Gasteiger partial charge in [0, 0.05) is 12.1 Å². The monoisotopic (exact) mass is 333 g/mol. The van der Waals surface area contributed by atoms with E-state index in [1.165, 1.54) is 0 Å². The van der Waals surface area contributed by atoms with Gasteiger partial charge in [-0.3, -0.25) is 0 Å². The molecule has 0 fully saturated rings. The third kappa shape index (κ3) is 4.01. The molecule has 25 heavy (non-hydrogen) atoms. The Morgan fingerprint density at radius 1 is 0.880 bits per heavy atom. The molecule has 0 amide bonds. The molecule has 0 bridgehead atoms. The molecule has 0 aromatic heterocycles. The number of rotatable bonds is 6. The predicted octanol–water partition coefficient (Wildman–Crippen LogP) is 4.71. The zero-order chi connectivity index (χ0) is 17.6. The zero-order valence-electron chi connectivity index (χ0n) is 14.7. The third-order valence-electron chi connectivity index (χ3n) is 4.19. The summed E-state index contributed by atoms with van der Waals surface area (Å²) >= 11 is 0. The fraction of sp³-hybridized carbons (Fsp3) is 0.182. The van der Waals surface area contributed by atoms with Gasteiger partial charge in [0.25, 0.3) is 0 Å². The Balaban J connectivity index is 1.85. The maximum atomic E-state index is 5.94. The van der Waals surface area contributed by atoms with E-state index in [4.69, 9.17) is 15.2 Å². The molecule has 0 spiro atoms. The smallest absolute Gasteiger partial charge is 0.126 e. The first kappa shape index (κ1) is 17.1. The van der Waals surface area contributed by atoms with Crippen LogP contribution in [-0.2, 0) is 13.2 Å². The van der Waals surface area contributed by atoms with Crippen LogP contribution in [0, 0.1) is 6.92 Å². The van der Waals surface area contributed by atoms with Gasteiger partial charge in [-0.15, -0.1) is 0 Å². The van der Waals surface area contributed by atoms with Crippen molar-refractivity contribution in [3.05, 3.63) is 83.4 Å². The quantitative estimate of drug-likeness (QED) is 0.710. The van der Waals surface area contributed by atoms with Crippen LogP contribution in [0.3, 0.4) is 0 Å². The SMILES string of the molecule is COc1c(C)cc(-c2cccc(OCc3ccccc3)c2)cc1CN. The summed E-state index contributed by atoms with van der Waals surface area (Å²) in [6.45, 7) is 3.04. The molecule has 0 aliphatic rings.